The van der Waals surface area contributed by atoms with E-state index >= 15 is 0 Å². The summed E-state index contributed by atoms with van der Waals surface area (Å²) in [6.45, 7) is 1.97. The van der Waals surface area contributed by atoms with Crippen LogP contribution in [-0.4, -0.2) is 32.7 Å². The van der Waals surface area contributed by atoms with Crippen molar-refractivity contribution >= 4 is 34.6 Å². The number of hydrogen-bond acceptors (Lipinski definition) is 7. The van der Waals surface area contributed by atoms with Gasteiger partial charge in [-0.1, -0.05) is 6.07 Å². The predicted molar refractivity (Wildman–Crippen MR) is 97.3 cm³/mol. The summed E-state index contributed by atoms with van der Waals surface area (Å²) in [5.74, 6) is 0.0915. The maximum atomic E-state index is 12.3. The van der Waals surface area contributed by atoms with Gasteiger partial charge in [0.1, 0.15) is 5.57 Å². The lowest BCUT2D eigenvalue weighted by Gasteiger charge is -2.03. The quantitative estimate of drug-likeness (QED) is 0.307. The third-order valence-corrected chi connectivity index (χ3v) is 4.22. The fraction of sp³-hybridized carbons (Fsp3) is 0.118. The van der Waals surface area contributed by atoms with Crippen molar-refractivity contribution in [2.75, 3.05) is 6.61 Å². The van der Waals surface area contributed by atoms with E-state index in [2.05, 4.69) is 15.2 Å². The van der Waals surface area contributed by atoms with Crippen molar-refractivity contribution in [2.24, 2.45) is 0 Å². The van der Waals surface area contributed by atoms with Crippen LogP contribution in [0, 0.1) is 10.1 Å². The normalized spacial score (nSPS) is 11.3. The van der Waals surface area contributed by atoms with Crippen molar-refractivity contribution in [3.8, 4) is 11.4 Å². The van der Waals surface area contributed by atoms with Gasteiger partial charge in [-0.05, 0) is 36.6 Å². The predicted octanol–water partition coefficient (Wildman–Crippen LogP) is 3.55. The topological polar surface area (TPSA) is 111 Å². The van der Waals surface area contributed by atoms with Gasteiger partial charge in [0.25, 0.3) is 5.69 Å². The Labute approximate surface area is 152 Å². The number of benzene rings is 1. The number of nitrogens with zero attached hydrogens (tertiary/aromatic N) is 3. The molecule has 8 nitrogen and oxygen atoms in total. The van der Waals surface area contributed by atoms with Crippen LogP contribution >= 0.6 is 11.3 Å². The van der Waals surface area contributed by atoms with Crippen LogP contribution in [0.25, 0.3) is 23.0 Å². The van der Waals surface area contributed by atoms with Crippen molar-refractivity contribution < 1.29 is 14.5 Å². The smallest absolute Gasteiger partial charge is 0.342 e. The number of esters is 1. The highest BCUT2D eigenvalue weighted by atomic mass is 32.1. The number of non-ortho nitro benzene ring substituents is 1. The Balaban J connectivity index is 1.94. The van der Waals surface area contributed by atoms with Crippen LogP contribution in [0.2, 0.25) is 0 Å². The number of thiophene rings is 1. The SMILES string of the molecule is CCOC(=O)C(=Cc1cccs1)c1nc(-c2ccc([N+](=O)[O-])cc2)n[nH]1. The number of nitrogens with one attached hydrogen (secondary N) is 1. The van der Waals surface area contributed by atoms with Gasteiger partial charge in [0.15, 0.2) is 11.6 Å². The van der Waals surface area contributed by atoms with Gasteiger partial charge >= 0.3 is 5.97 Å². The second-order valence-electron chi connectivity index (χ2n) is 5.11. The number of aromatic amines is 1. The average Bonchev–Trinajstić information content (AvgIpc) is 3.32. The first kappa shape index (κ1) is 17.5. The molecular weight excluding hydrogens is 356 g/mol. The Bertz CT molecular complexity index is 946. The number of ether oxygens (including phenoxy) is 1. The van der Waals surface area contributed by atoms with Crippen LogP contribution < -0.4 is 0 Å². The standard InChI is InChI=1S/C17H14N4O4S/c1-2-25-17(22)14(10-13-4-3-9-26-13)16-18-15(19-20-16)11-5-7-12(8-6-11)21(23)24/h3-10H,2H2,1H3,(H,18,19,20). The lowest BCUT2D eigenvalue weighted by molar-refractivity contribution is -0.384. The summed E-state index contributed by atoms with van der Waals surface area (Å²) in [5.41, 5.74) is 0.835. The zero-order chi connectivity index (χ0) is 18.5. The number of carbonyl (C=O) groups is 1. The molecule has 2 heterocycles. The van der Waals surface area contributed by atoms with E-state index in [-0.39, 0.29) is 23.7 Å². The zero-order valence-corrected chi connectivity index (χ0v) is 14.5. The van der Waals surface area contributed by atoms with Gasteiger partial charge in [-0.15, -0.1) is 11.3 Å². The molecule has 9 heteroatoms. The largest absolute Gasteiger partial charge is 0.462 e. The molecule has 3 rings (SSSR count). The van der Waals surface area contributed by atoms with E-state index in [1.807, 2.05) is 17.5 Å². The van der Waals surface area contributed by atoms with E-state index in [4.69, 9.17) is 4.74 Å². The Morgan fingerprint density at radius 3 is 2.73 bits per heavy atom. The van der Waals surface area contributed by atoms with Gasteiger partial charge in [-0.3, -0.25) is 15.2 Å². The molecule has 0 atom stereocenters. The van der Waals surface area contributed by atoms with Crippen LogP contribution in [-0.2, 0) is 9.53 Å². The molecule has 132 valence electrons. The molecule has 0 aliphatic heterocycles. The van der Waals surface area contributed by atoms with Crippen molar-refractivity contribution in [2.45, 2.75) is 6.92 Å². The summed E-state index contributed by atoms with van der Waals surface area (Å²) in [5, 5.41) is 19.5. The molecule has 0 amide bonds. The molecule has 3 aromatic rings. The molecule has 2 aromatic heterocycles. The third-order valence-electron chi connectivity index (χ3n) is 3.40. The summed E-state index contributed by atoms with van der Waals surface area (Å²) in [4.78, 5) is 27.8. The van der Waals surface area contributed by atoms with Gasteiger partial charge in [0, 0.05) is 22.6 Å². The van der Waals surface area contributed by atoms with Crippen molar-refractivity contribution in [3.05, 3.63) is 62.6 Å². The summed E-state index contributed by atoms with van der Waals surface area (Å²) in [7, 11) is 0. The molecule has 0 aliphatic carbocycles. The highest BCUT2D eigenvalue weighted by molar-refractivity contribution is 7.10. The van der Waals surface area contributed by atoms with Gasteiger partial charge < -0.3 is 4.74 Å². The Hall–Kier alpha value is -3.33. The minimum absolute atomic E-state index is 0.0192. The minimum atomic E-state index is -0.507. The molecule has 0 unspecified atom stereocenters. The summed E-state index contributed by atoms with van der Waals surface area (Å²) >= 11 is 1.48. The monoisotopic (exact) mass is 370 g/mol. The van der Waals surface area contributed by atoms with E-state index < -0.39 is 10.9 Å². The number of H-pyrrole nitrogens is 1. The van der Waals surface area contributed by atoms with Crippen molar-refractivity contribution in [1.29, 1.82) is 0 Å². The number of carbonyl (C=O) groups excluding carboxylic acids is 1. The molecular formula is C17H14N4O4S. The number of rotatable bonds is 6. The molecule has 26 heavy (non-hydrogen) atoms. The molecule has 0 saturated carbocycles. The van der Waals surface area contributed by atoms with Gasteiger partial charge in [0.2, 0.25) is 0 Å². The number of hydrogen-bond donors (Lipinski definition) is 1. The summed E-state index contributed by atoms with van der Waals surface area (Å²) in [6.07, 6.45) is 1.68. The maximum Gasteiger partial charge on any atom is 0.342 e. The first-order valence-electron chi connectivity index (χ1n) is 7.68. The van der Waals surface area contributed by atoms with Crippen LogP contribution in [0.1, 0.15) is 17.6 Å². The summed E-state index contributed by atoms with van der Waals surface area (Å²) < 4.78 is 5.10. The van der Waals surface area contributed by atoms with Crippen LogP contribution in [0.15, 0.2) is 41.8 Å². The number of nitro groups is 1. The molecule has 0 aliphatic rings. The van der Waals surface area contributed by atoms with E-state index in [0.717, 1.165) is 4.88 Å². The molecule has 1 N–H and O–H groups in total. The van der Waals surface area contributed by atoms with E-state index in [0.29, 0.717) is 11.4 Å². The summed E-state index contributed by atoms with van der Waals surface area (Å²) in [6, 6.07) is 9.61. The van der Waals surface area contributed by atoms with E-state index in [1.54, 1.807) is 25.1 Å². The Morgan fingerprint density at radius 1 is 1.35 bits per heavy atom. The average molecular weight is 370 g/mol. The van der Waals surface area contributed by atoms with Gasteiger partial charge in [-0.2, -0.15) is 5.10 Å². The molecule has 0 bridgehead atoms. The van der Waals surface area contributed by atoms with Crippen molar-refractivity contribution in [3.63, 3.8) is 0 Å². The van der Waals surface area contributed by atoms with E-state index in [9.17, 15) is 14.9 Å². The number of aromatic nitrogens is 3. The van der Waals surface area contributed by atoms with Crippen LogP contribution in [0.3, 0.4) is 0 Å². The fourth-order valence-corrected chi connectivity index (χ4v) is 2.85. The third kappa shape index (κ3) is 3.83. The highest BCUT2D eigenvalue weighted by Crippen LogP contribution is 2.23. The fourth-order valence-electron chi connectivity index (χ4n) is 2.19. The van der Waals surface area contributed by atoms with Gasteiger partial charge in [0.05, 0.1) is 11.5 Å². The molecule has 0 saturated heterocycles. The van der Waals surface area contributed by atoms with Crippen LogP contribution in [0.4, 0.5) is 5.69 Å². The Morgan fingerprint density at radius 2 is 2.12 bits per heavy atom. The lowest BCUT2D eigenvalue weighted by Crippen LogP contribution is -2.08. The second-order valence-corrected chi connectivity index (χ2v) is 6.08. The molecule has 0 radical (unpaired) electrons. The molecule has 0 fully saturated rings. The van der Waals surface area contributed by atoms with E-state index in [1.165, 1.54) is 23.5 Å². The molecule has 1 aromatic carbocycles. The van der Waals surface area contributed by atoms with Crippen LogP contribution in [0.5, 0.6) is 0 Å². The molecule has 0 spiro atoms. The first-order valence-corrected chi connectivity index (χ1v) is 8.56. The zero-order valence-electron chi connectivity index (χ0n) is 13.7. The Kier molecular flexibility index (Phi) is 5.18. The van der Waals surface area contributed by atoms with Crippen molar-refractivity contribution in [1.82, 2.24) is 15.2 Å². The lowest BCUT2D eigenvalue weighted by atomic mass is 10.2. The number of nitro benzene ring substituents is 1. The first-order chi connectivity index (χ1) is 12.6. The maximum absolute atomic E-state index is 12.3. The van der Waals surface area contributed by atoms with Gasteiger partial charge in [-0.25, -0.2) is 9.78 Å². The highest BCUT2D eigenvalue weighted by Gasteiger charge is 2.19. The second kappa shape index (κ2) is 7.70. The minimum Gasteiger partial charge on any atom is -0.462 e.